The van der Waals surface area contributed by atoms with E-state index in [1.54, 1.807) is 0 Å². The van der Waals surface area contributed by atoms with Gasteiger partial charge in [-0.05, 0) is 44.9 Å². The first-order valence-electron chi connectivity index (χ1n) is 6.69. The molecule has 2 heterocycles. The first-order chi connectivity index (χ1) is 8.28. The standard InChI is InChI=1S/C14H23N3/c1-3-8-17-9-6-13(7-10-17)16-14-5-4-12(2)15-11-14/h4-5,11,13,16H,3,6-10H2,1-2H3. The highest BCUT2D eigenvalue weighted by molar-refractivity contribution is 5.41. The van der Waals surface area contributed by atoms with Gasteiger partial charge in [-0.1, -0.05) is 6.92 Å². The maximum absolute atomic E-state index is 4.32. The summed E-state index contributed by atoms with van der Waals surface area (Å²) in [6.07, 6.45) is 5.69. The van der Waals surface area contributed by atoms with E-state index < -0.39 is 0 Å². The predicted molar refractivity (Wildman–Crippen MR) is 72.3 cm³/mol. The van der Waals surface area contributed by atoms with E-state index in [4.69, 9.17) is 0 Å². The van der Waals surface area contributed by atoms with Crippen molar-refractivity contribution < 1.29 is 0 Å². The summed E-state index contributed by atoms with van der Waals surface area (Å²) in [6.45, 7) is 7.98. The molecule has 1 saturated heterocycles. The second kappa shape index (κ2) is 6.01. The Balaban J connectivity index is 1.79. The minimum Gasteiger partial charge on any atom is -0.381 e. The van der Waals surface area contributed by atoms with Crippen molar-refractivity contribution in [1.82, 2.24) is 9.88 Å². The molecule has 0 bridgehead atoms. The highest BCUT2D eigenvalue weighted by Gasteiger charge is 2.18. The van der Waals surface area contributed by atoms with Crippen molar-refractivity contribution in [2.24, 2.45) is 0 Å². The quantitative estimate of drug-likeness (QED) is 0.866. The molecule has 0 unspecified atom stereocenters. The van der Waals surface area contributed by atoms with Crippen molar-refractivity contribution in [3.05, 3.63) is 24.0 Å². The highest BCUT2D eigenvalue weighted by atomic mass is 15.1. The molecule has 1 N–H and O–H groups in total. The summed E-state index contributed by atoms with van der Waals surface area (Å²) >= 11 is 0. The Hall–Kier alpha value is -1.09. The number of nitrogens with zero attached hydrogens (tertiary/aromatic N) is 2. The van der Waals surface area contributed by atoms with Crippen LogP contribution in [0.4, 0.5) is 5.69 Å². The zero-order valence-electron chi connectivity index (χ0n) is 10.9. The molecule has 0 aromatic carbocycles. The summed E-state index contributed by atoms with van der Waals surface area (Å²) in [5, 5.41) is 3.58. The van der Waals surface area contributed by atoms with Crippen LogP contribution in [0.15, 0.2) is 18.3 Å². The van der Waals surface area contributed by atoms with E-state index in [1.165, 1.54) is 38.9 Å². The lowest BCUT2D eigenvalue weighted by molar-refractivity contribution is 0.219. The fourth-order valence-corrected chi connectivity index (χ4v) is 2.41. The van der Waals surface area contributed by atoms with Crippen molar-refractivity contribution in [2.45, 2.75) is 39.2 Å². The maximum Gasteiger partial charge on any atom is 0.0529 e. The van der Waals surface area contributed by atoms with Gasteiger partial charge in [0.25, 0.3) is 0 Å². The van der Waals surface area contributed by atoms with E-state index in [0.29, 0.717) is 6.04 Å². The SMILES string of the molecule is CCCN1CCC(Nc2ccc(C)nc2)CC1. The van der Waals surface area contributed by atoms with Crippen LogP contribution in [-0.2, 0) is 0 Å². The Bertz CT molecular complexity index is 326. The normalized spacial score (nSPS) is 18.2. The summed E-state index contributed by atoms with van der Waals surface area (Å²) in [5.74, 6) is 0. The van der Waals surface area contributed by atoms with Crippen molar-refractivity contribution in [1.29, 1.82) is 0 Å². The molecule has 3 nitrogen and oxygen atoms in total. The molecule has 3 heteroatoms. The molecular formula is C14H23N3. The third-order valence-electron chi connectivity index (χ3n) is 3.41. The molecule has 1 fully saturated rings. The van der Waals surface area contributed by atoms with Crippen LogP contribution in [0.1, 0.15) is 31.9 Å². The van der Waals surface area contributed by atoms with E-state index in [1.807, 2.05) is 13.1 Å². The summed E-state index contributed by atoms with van der Waals surface area (Å²) in [5.41, 5.74) is 2.23. The van der Waals surface area contributed by atoms with E-state index in [2.05, 4.69) is 34.3 Å². The Labute approximate surface area is 104 Å². The molecule has 2 rings (SSSR count). The second-order valence-corrected chi connectivity index (χ2v) is 4.95. The zero-order valence-corrected chi connectivity index (χ0v) is 10.9. The molecule has 1 aromatic heterocycles. The fourth-order valence-electron chi connectivity index (χ4n) is 2.41. The van der Waals surface area contributed by atoms with Crippen LogP contribution in [0.25, 0.3) is 0 Å². The molecule has 0 amide bonds. The third kappa shape index (κ3) is 3.70. The largest absolute Gasteiger partial charge is 0.381 e. The van der Waals surface area contributed by atoms with Gasteiger partial charge in [-0.15, -0.1) is 0 Å². The van der Waals surface area contributed by atoms with Crippen LogP contribution in [0.3, 0.4) is 0 Å². The van der Waals surface area contributed by atoms with Gasteiger partial charge in [0.2, 0.25) is 0 Å². The fraction of sp³-hybridized carbons (Fsp3) is 0.643. The molecule has 0 atom stereocenters. The number of pyridine rings is 1. The molecule has 0 saturated carbocycles. The van der Waals surface area contributed by atoms with Crippen LogP contribution in [0.5, 0.6) is 0 Å². The second-order valence-electron chi connectivity index (χ2n) is 4.95. The maximum atomic E-state index is 4.32. The minimum absolute atomic E-state index is 0.618. The van der Waals surface area contributed by atoms with Gasteiger partial charge in [-0.3, -0.25) is 4.98 Å². The molecule has 1 aliphatic rings. The lowest BCUT2D eigenvalue weighted by Crippen LogP contribution is -2.39. The number of aromatic nitrogens is 1. The van der Waals surface area contributed by atoms with Gasteiger partial charge in [0, 0.05) is 24.8 Å². The van der Waals surface area contributed by atoms with Gasteiger partial charge in [0.05, 0.1) is 11.9 Å². The first kappa shape index (κ1) is 12.4. The lowest BCUT2D eigenvalue weighted by Gasteiger charge is -2.32. The Morgan fingerprint density at radius 3 is 2.71 bits per heavy atom. The smallest absolute Gasteiger partial charge is 0.0529 e. The van der Waals surface area contributed by atoms with Crippen LogP contribution < -0.4 is 5.32 Å². The van der Waals surface area contributed by atoms with Crippen molar-refractivity contribution in [3.8, 4) is 0 Å². The molecule has 1 aliphatic heterocycles. The third-order valence-corrected chi connectivity index (χ3v) is 3.41. The average molecular weight is 233 g/mol. The van der Waals surface area contributed by atoms with Gasteiger partial charge < -0.3 is 10.2 Å². The van der Waals surface area contributed by atoms with Crippen LogP contribution in [0.2, 0.25) is 0 Å². The average Bonchev–Trinajstić information content (AvgIpc) is 2.35. The molecule has 0 spiro atoms. The molecule has 1 aromatic rings. The van der Waals surface area contributed by atoms with Gasteiger partial charge in [0.1, 0.15) is 0 Å². The van der Waals surface area contributed by atoms with Crippen LogP contribution in [0, 0.1) is 6.92 Å². The molecule has 94 valence electrons. The van der Waals surface area contributed by atoms with Crippen molar-refractivity contribution >= 4 is 5.69 Å². The number of hydrogen-bond donors (Lipinski definition) is 1. The summed E-state index contributed by atoms with van der Waals surface area (Å²) in [4.78, 5) is 6.88. The van der Waals surface area contributed by atoms with Crippen molar-refractivity contribution in [2.75, 3.05) is 25.0 Å². The number of likely N-dealkylation sites (tertiary alicyclic amines) is 1. The van der Waals surface area contributed by atoms with E-state index in [9.17, 15) is 0 Å². The Morgan fingerprint density at radius 2 is 2.12 bits per heavy atom. The predicted octanol–water partition coefficient (Wildman–Crippen LogP) is 2.68. The van der Waals surface area contributed by atoms with Gasteiger partial charge in [-0.2, -0.15) is 0 Å². The van der Waals surface area contributed by atoms with Gasteiger partial charge >= 0.3 is 0 Å². The van der Waals surface area contributed by atoms with E-state index in [-0.39, 0.29) is 0 Å². The van der Waals surface area contributed by atoms with Crippen LogP contribution in [-0.4, -0.2) is 35.6 Å². The molecule has 0 aliphatic carbocycles. The summed E-state index contributed by atoms with van der Waals surface area (Å²) in [6, 6.07) is 4.81. The van der Waals surface area contributed by atoms with Gasteiger partial charge in [-0.25, -0.2) is 0 Å². The number of anilines is 1. The number of hydrogen-bond acceptors (Lipinski definition) is 3. The lowest BCUT2D eigenvalue weighted by atomic mass is 10.0. The first-order valence-corrected chi connectivity index (χ1v) is 6.69. The summed E-state index contributed by atoms with van der Waals surface area (Å²) < 4.78 is 0. The monoisotopic (exact) mass is 233 g/mol. The zero-order chi connectivity index (χ0) is 12.1. The molecule has 17 heavy (non-hydrogen) atoms. The number of rotatable bonds is 4. The Kier molecular flexibility index (Phi) is 4.37. The van der Waals surface area contributed by atoms with E-state index >= 15 is 0 Å². The van der Waals surface area contributed by atoms with Crippen molar-refractivity contribution in [3.63, 3.8) is 0 Å². The number of aryl methyl sites for hydroxylation is 1. The number of nitrogens with one attached hydrogen (secondary N) is 1. The number of piperidine rings is 1. The minimum atomic E-state index is 0.618. The van der Waals surface area contributed by atoms with E-state index in [0.717, 1.165) is 11.4 Å². The Morgan fingerprint density at radius 1 is 1.35 bits per heavy atom. The molecular weight excluding hydrogens is 210 g/mol. The molecule has 0 radical (unpaired) electrons. The highest BCUT2D eigenvalue weighted by Crippen LogP contribution is 2.16. The van der Waals surface area contributed by atoms with Crippen LogP contribution >= 0.6 is 0 Å². The summed E-state index contributed by atoms with van der Waals surface area (Å²) in [7, 11) is 0. The van der Waals surface area contributed by atoms with Gasteiger partial charge in [0.15, 0.2) is 0 Å². The topological polar surface area (TPSA) is 28.2 Å².